The molecule has 10 heteroatoms. The number of hydrogen-bond acceptors (Lipinski definition) is 7. The second-order valence-corrected chi connectivity index (χ2v) is 9.74. The van der Waals surface area contributed by atoms with Crippen LogP contribution in [0, 0.1) is 5.92 Å². The molecule has 2 aromatic rings. The highest BCUT2D eigenvalue weighted by molar-refractivity contribution is 7.88. The second-order valence-electron chi connectivity index (χ2n) is 7.96. The first kappa shape index (κ1) is 22.5. The SMILES string of the molecule is CCOc1cccc(CN2CCc3nnc([C@@H](NS(C)(=O)=O)C(C)C)n3CC2)c1O. The van der Waals surface area contributed by atoms with Crippen LogP contribution in [0.3, 0.4) is 0 Å². The molecule has 0 spiro atoms. The van der Waals surface area contributed by atoms with Gasteiger partial charge in [0.15, 0.2) is 17.3 Å². The van der Waals surface area contributed by atoms with Gasteiger partial charge in [-0.1, -0.05) is 26.0 Å². The highest BCUT2D eigenvalue weighted by Gasteiger charge is 2.28. The van der Waals surface area contributed by atoms with Crippen molar-refractivity contribution in [1.82, 2.24) is 24.4 Å². The molecular weight excluding hydrogens is 406 g/mol. The number of fused-ring (bicyclic) bond motifs is 1. The largest absolute Gasteiger partial charge is 0.504 e. The van der Waals surface area contributed by atoms with Gasteiger partial charge in [-0.05, 0) is 18.9 Å². The van der Waals surface area contributed by atoms with Gasteiger partial charge in [0, 0.05) is 38.2 Å². The molecule has 166 valence electrons. The molecule has 1 atom stereocenters. The molecule has 30 heavy (non-hydrogen) atoms. The van der Waals surface area contributed by atoms with E-state index in [4.69, 9.17) is 4.74 Å². The predicted octanol–water partition coefficient (Wildman–Crippen LogP) is 1.69. The summed E-state index contributed by atoms with van der Waals surface area (Å²) in [5, 5.41) is 19.1. The maximum Gasteiger partial charge on any atom is 0.209 e. The maximum absolute atomic E-state index is 11.8. The van der Waals surface area contributed by atoms with Crippen LogP contribution < -0.4 is 9.46 Å². The highest BCUT2D eigenvalue weighted by Crippen LogP contribution is 2.31. The molecule has 9 nitrogen and oxygen atoms in total. The number of hydrogen-bond donors (Lipinski definition) is 2. The van der Waals surface area contributed by atoms with Crippen LogP contribution in [0.2, 0.25) is 0 Å². The lowest BCUT2D eigenvalue weighted by Gasteiger charge is -2.23. The van der Waals surface area contributed by atoms with Gasteiger partial charge in [-0.2, -0.15) is 0 Å². The first-order chi connectivity index (χ1) is 14.2. The molecular formula is C20H31N5O4S. The lowest BCUT2D eigenvalue weighted by molar-refractivity contribution is 0.261. The molecule has 0 saturated carbocycles. The Hall–Kier alpha value is -2.17. The van der Waals surface area contributed by atoms with Crippen LogP contribution >= 0.6 is 0 Å². The number of sulfonamides is 1. The zero-order valence-corrected chi connectivity index (χ0v) is 18.8. The number of para-hydroxylation sites is 1. The Balaban J connectivity index is 1.76. The number of rotatable bonds is 8. The molecule has 0 radical (unpaired) electrons. The summed E-state index contributed by atoms with van der Waals surface area (Å²) < 4.78 is 33.9. The van der Waals surface area contributed by atoms with Crippen molar-refractivity contribution in [3.63, 3.8) is 0 Å². The van der Waals surface area contributed by atoms with E-state index in [1.807, 2.05) is 37.5 Å². The Morgan fingerprint density at radius 3 is 2.67 bits per heavy atom. The van der Waals surface area contributed by atoms with Gasteiger partial charge in [-0.3, -0.25) is 4.90 Å². The monoisotopic (exact) mass is 437 g/mol. The summed E-state index contributed by atoms with van der Waals surface area (Å²) in [4.78, 5) is 2.25. The van der Waals surface area contributed by atoms with Crippen LogP contribution in [-0.2, 0) is 29.5 Å². The van der Waals surface area contributed by atoms with Crippen molar-refractivity contribution in [3.05, 3.63) is 35.4 Å². The number of nitrogens with one attached hydrogen (secondary N) is 1. The fraction of sp³-hybridized carbons (Fsp3) is 0.600. The molecule has 3 rings (SSSR count). The van der Waals surface area contributed by atoms with E-state index in [0.29, 0.717) is 37.7 Å². The Kier molecular flexibility index (Phi) is 6.99. The third kappa shape index (κ3) is 5.30. The van der Waals surface area contributed by atoms with Crippen LogP contribution in [0.4, 0.5) is 0 Å². The van der Waals surface area contributed by atoms with Crippen molar-refractivity contribution in [3.8, 4) is 11.5 Å². The number of benzene rings is 1. The van der Waals surface area contributed by atoms with Gasteiger partial charge in [0.1, 0.15) is 5.82 Å². The maximum atomic E-state index is 11.8. The van der Waals surface area contributed by atoms with E-state index in [9.17, 15) is 13.5 Å². The smallest absolute Gasteiger partial charge is 0.209 e. The molecule has 2 heterocycles. The number of phenols is 1. The molecule has 1 aromatic heterocycles. The number of phenolic OH excluding ortho intramolecular Hbond substituents is 1. The zero-order chi connectivity index (χ0) is 21.9. The third-order valence-corrected chi connectivity index (χ3v) is 5.89. The minimum atomic E-state index is -3.38. The van der Waals surface area contributed by atoms with Crippen LogP contribution in [0.5, 0.6) is 11.5 Å². The van der Waals surface area contributed by atoms with E-state index in [2.05, 4.69) is 19.8 Å². The van der Waals surface area contributed by atoms with Gasteiger partial charge >= 0.3 is 0 Å². The number of nitrogens with zero attached hydrogens (tertiary/aromatic N) is 4. The van der Waals surface area contributed by atoms with Crippen LogP contribution in [-0.4, -0.2) is 59.1 Å². The van der Waals surface area contributed by atoms with Crippen LogP contribution in [0.15, 0.2) is 18.2 Å². The topological polar surface area (TPSA) is 110 Å². The molecule has 0 saturated heterocycles. The van der Waals surface area contributed by atoms with E-state index in [0.717, 1.165) is 30.7 Å². The van der Waals surface area contributed by atoms with Crippen LogP contribution in [0.25, 0.3) is 0 Å². The van der Waals surface area contributed by atoms with Crippen molar-refractivity contribution in [1.29, 1.82) is 0 Å². The fourth-order valence-corrected chi connectivity index (χ4v) is 4.54. The van der Waals surface area contributed by atoms with Crippen molar-refractivity contribution in [2.45, 2.75) is 46.3 Å². The normalized spacial score (nSPS) is 16.3. The van der Waals surface area contributed by atoms with E-state index in [-0.39, 0.29) is 11.7 Å². The third-order valence-electron chi connectivity index (χ3n) is 5.21. The summed E-state index contributed by atoms with van der Waals surface area (Å²) in [6.07, 6.45) is 1.86. The molecule has 0 unspecified atom stereocenters. The Morgan fingerprint density at radius 2 is 2.00 bits per heavy atom. The average molecular weight is 438 g/mol. The van der Waals surface area contributed by atoms with Crippen molar-refractivity contribution < 1.29 is 18.3 Å². The molecule has 0 bridgehead atoms. The lowest BCUT2D eigenvalue weighted by Crippen LogP contribution is -2.33. The minimum Gasteiger partial charge on any atom is -0.504 e. The minimum absolute atomic E-state index is 0.0330. The number of aromatic hydroxyl groups is 1. The molecule has 0 fully saturated rings. The summed E-state index contributed by atoms with van der Waals surface area (Å²) in [6, 6.07) is 5.12. The highest BCUT2D eigenvalue weighted by atomic mass is 32.2. The summed E-state index contributed by atoms with van der Waals surface area (Å²) in [5.41, 5.74) is 0.817. The molecule has 0 aliphatic carbocycles. The van der Waals surface area contributed by atoms with Crippen molar-refractivity contribution in [2.24, 2.45) is 5.92 Å². The Morgan fingerprint density at radius 1 is 1.23 bits per heavy atom. The summed E-state index contributed by atoms with van der Waals surface area (Å²) in [7, 11) is -3.38. The van der Waals surface area contributed by atoms with Gasteiger partial charge in [-0.25, -0.2) is 13.1 Å². The molecule has 1 aromatic carbocycles. The molecule has 2 N–H and O–H groups in total. The van der Waals surface area contributed by atoms with E-state index in [1.165, 1.54) is 0 Å². The predicted molar refractivity (Wildman–Crippen MR) is 114 cm³/mol. The van der Waals surface area contributed by atoms with E-state index in [1.54, 1.807) is 6.07 Å². The first-order valence-electron chi connectivity index (χ1n) is 10.2. The second kappa shape index (κ2) is 9.32. The van der Waals surface area contributed by atoms with E-state index >= 15 is 0 Å². The summed E-state index contributed by atoms with van der Waals surface area (Å²) in [5.74, 6) is 2.21. The zero-order valence-electron chi connectivity index (χ0n) is 18.0. The molecule has 1 aliphatic rings. The van der Waals surface area contributed by atoms with Crippen molar-refractivity contribution in [2.75, 3.05) is 26.0 Å². The summed E-state index contributed by atoms with van der Waals surface area (Å²) in [6.45, 7) is 9.05. The van der Waals surface area contributed by atoms with Crippen LogP contribution in [0.1, 0.15) is 44.0 Å². The first-order valence-corrected chi connectivity index (χ1v) is 12.1. The van der Waals surface area contributed by atoms with Gasteiger partial charge < -0.3 is 14.4 Å². The van der Waals surface area contributed by atoms with Crippen molar-refractivity contribution >= 4 is 10.0 Å². The van der Waals surface area contributed by atoms with Gasteiger partial charge in [-0.15, -0.1) is 10.2 Å². The van der Waals surface area contributed by atoms with Gasteiger partial charge in [0.25, 0.3) is 0 Å². The number of ether oxygens (including phenoxy) is 1. The fourth-order valence-electron chi connectivity index (χ4n) is 3.70. The molecule has 1 aliphatic heterocycles. The van der Waals surface area contributed by atoms with Gasteiger partial charge in [0.05, 0.1) is 18.9 Å². The Labute approximate surface area is 178 Å². The average Bonchev–Trinajstić information content (AvgIpc) is 2.96. The lowest BCUT2D eigenvalue weighted by atomic mass is 10.1. The molecule has 0 amide bonds. The van der Waals surface area contributed by atoms with Gasteiger partial charge in [0.2, 0.25) is 10.0 Å². The number of aromatic nitrogens is 3. The quantitative estimate of drug-likeness (QED) is 0.647. The Bertz CT molecular complexity index is 974. The standard InChI is InChI=1S/C20H31N5O4S/c1-5-29-16-8-6-7-15(19(16)26)13-24-10-9-17-21-22-20(25(17)12-11-24)18(14(2)3)23-30(4,27)28/h6-8,14,18,23,26H,5,9-13H2,1-4H3/t18-/m0/s1. The van der Waals surface area contributed by atoms with E-state index < -0.39 is 16.1 Å². The summed E-state index contributed by atoms with van der Waals surface area (Å²) >= 11 is 0.